The Morgan fingerprint density at radius 2 is 1.12 bits per heavy atom. The van der Waals surface area contributed by atoms with Gasteiger partial charge < -0.3 is 14.2 Å². The summed E-state index contributed by atoms with van der Waals surface area (Å²) in [5.41, 5.74) is -1.03. The summed E-state index contributed by atoms with van der Waals surface area (Å²) in [5, 5.41) is 0. The average Bonchev–Trinajstić information content (AvgIpc) is 2.49. The van der Waals surface area contributed by atoms with Gasteiger partial charge in [0.1, 0.15) is 0 Å². The number of hydrogen-bond acceptors (Lipinski definition) is 7. The van der Waals surface area contributed by atoms with Crippen LogP contribution >= 0.6 is 0 Å². The molecule has 1 aliphatic rings. The van der Waals surface area contributed by atoms with Crippen molar-refractivity contribution < 1.29 is 33.8 Å². The van der Waals surface area contributed by atoms with Crippen molar-refractivity contribution >= 4 is 0 Å². The van der Waals surface area contributed by atoms with Crippen molar-refractivity contribution in [3.63, 3.8) is 0 Å². The third-order valence-electron chi connectivity index (χ3n) is 3.58. The summed E-state index contributed by atoms with van der Waals surface area (Å²) in [6.07, 6.45) is 1.05. The van der Waals surface area contributed by atoms with E-state index in [0.717, 1.165) is 0 Å². The van der Waals surface area contributed by atoms with E-state index in [0.29, 0.717) is 12.8 Å². The van der Waals surface area contributed by atoms with Crippen LogP contribution in [0.1, 0.15) is 60.8 Å². The number of ether oxygens (including phenoxy) is 3. The minimum Gasteiger partial charge on any atom is -0.381 e. The zero-order valence-corrected chi connectivity index (χ0v) is 16.6. The lowest BCUT2D eigenvalue weighted by Gasteiger charge is -2.47. The molecule has 0 aromatic carbocycles. The lowest BCUT2D eigenvalue weighted by Crippen LogP contribution is -2.56. The minimum atomic E-state index is -1.22. The summed E-state index contributed by atoms with van der Waals surface area (Å²) < 4.78 is 16.7. The highest BCUT2D eigenvalue weighted by Gasteiger charge is 2.54. The standard InChI is InChI=1S/C17H34O7/c1-14(2,3)21-23-17(24-22-15(4,5)6)11-13(18-7)10-16(12-17,19-8)20-9/h13H,10-12H2,1-9H3. The van der Waals surface area contributed by atoms with Gasteiger partial charge in [-0.2, -0.15) is 9.78 Å². The summed E-state index contributed by atoms with van der Waals surface area (Å²) in [4.78, 5) is 22.6. The van der Waals surface area contributed by atoms with Gasteiger partial charge in [0.25, 0.3) is 0 Å². The van der Waals surface area contributed by atoms with Gasteiger partial charge >= 0.3 is 0 Å². The molecule has 1 fully saturated rings. The predicted molar refractivity (Wildman–Crippen MR) is 88.0 cm³/mol. The van der Waals surface area contributed by atoms with Crippen LogP contribution in [-0.4, -0.2) is 50.2 Å². The Hall–Kier alpha value is -0.280. The van der Waals surface area contributed by atoms with Crippen molar-refractivity contribution in [1.82, 2.24) is 0 Å². The van der Waals surface area contributed by atoms with E-state index in [1.54, 1.807) is 21.3 Å². The maximum atomic E-state index is 5.73. The third kappa shape index (κ3) is 6.55. The number of rotatable bonds is 7. The summed E-state index contributed by atoms with van der Waals surface area (Å²) in [5.74, 6) is -2.13. The molecule has 1 atom stereocenters. The Bertz CT molecular complexity index is 361. The molecule has 1 unspecified atom stereocenters. The van der Waals surface area contributed by atoms with E-state index in [2.05, 4.69) is 0 Å². The molecule has 0 bridgehead atoms. The third-order valence-corrected chi connectivity index (χ3v) is 3.58. The van der Waals surface area contributed by atoms with Gasteiger partial charge in [-0.15, -0.1) is 0 Å². The predicted octanol–water partition coefficient (Wildman–Crippen LogP) is 3.36. The van der Waals surface area contributed by atoms with Crippen molar-refractivity contribution in [2.24, 2.45) is 0 Å². The van der Waals surface area contributed by atoms with Gasteiger partial charge in [0, 0.05) is 34.2 Å². The first-order valence-corrected chi connectivity index (χ1v) is 8.25. The van der Waals surface area contributed by atoms with E-state index >= 15 is 0 Å². The van der Waals surface area contributed by atoms with E-state index in [4.69, 9.17) is 33.8 Å². The summed E-state index contributed by atoms with van der Waals surface area (Å²) in [6.45, 7) is 11.3. The highest BCUT2D eigenvalue weighted by Crippen LogP contribution is 2.43. The van der Waals surface area contributed by atoms with Gasteiger partial charge in [0.05, 0.1) is 23.7 Å². The highest BCUT2D eigenvalue weighted by molar-refractivity contribution is 4.91. The van der Waals surface area contributed by atoms with Gasteiger partial charge in [0.15, 0.2) is 5.79 Å². The molecule has 0 N–H and O–H groups in total. The fourth-order valence-electron chi connectivity index (χ4n) is 2.42. The van der Waals surface area contributed by atoms with Crippen LogP contribution in [0, 0.1) is 0 Å². The Kier molecular flexibility index (Phi) is 7.21. The van der Waals surface area contributed by atoms with Crippen LogP contribution < -0.4 is 0 Å². The second-order valence-corrected chi connectivity index (χ2v) is 8.23. The molecule has 0 radical (unpaired) electrons. The fourth-order valence-corrected chi connectivity index (χ4v) is 2.42. The molecule has 1 rings (SSSR count). The minimum absolute atomic E-state index is 0.203. The normalized spacial score (nSPS) is 24.1. The van der Waals surface area contributed by atoms with Crippen LogP contribution in [0.4, 0.5) is 0 Å². The zero-order chi connectivity index (χ0) is 18.6. The first-order valence-electron chi connectivity index (χ1n) is 8.25. The van der Waals surface area contributed by atoms with Gasteiger partial charge in [-0.3, -0.25) is 0 Å². The van der Waals surface area contributed by atoms with Crippen molar-refractivity contribution in [3.8, 4) is 0 Å². The van der Waals surface area contributed by atoms with Crippen LogP contribution in [0.25, 0.3) is 0 Å². The van der Waals surface area contributed by atoms with Crippen LogP contribution in [-0.2, 0) is 33.8 Å². The zero-order valence-electron chi connectivity index (χ0n) is 16.6. The van der Waals surface area contributed by atoms with Crippen molar-refractivity contribution in [2.45, 2.75) is 89.7 Å². The van der Waals surface area contributed by atoms with Crippen LogP contribution in [0.2, 0.25) is 0 Å². The molecule has 144 valence electrons. The molecule has 0 aliphatic heterocycles. The maximum absolute atomic E-state index is 5.73. The summed E-state index contributed by atoms with van der Waals surface area (Å²) in [6, 6.07) is 0. The molecule has 7 nitrogen and oxygen atoms in total. The van der Waals surface area contributed by atoms with Gasteiger partial charge in [-0.25, -0.2) is 9.78 Å². The Balaban J connectivity index is 3.07. The Morgan fingerprint density at radius 1 is 0.708 bits per heavy atom. The largest absolute Gasteiger partial charge is 0.381 e. The Labute approximate surface area is 145 Å². The quantitative estimate of drug-likeness (QED) is 0.396. The van der Waals surface area contributed by atoms with E-state index in [1.165, 1.54) is 0 Å². The van der Waals surface area contributed by atoms with Crippen molar-refractivity contribution in [1.29, 1.82) is 0 Å². The number of hydrogen-bond donors (Lipinski definition) is 0. The van der Waals surface area contributed by atoms with E-state index in [9.17, 15) is 0 Å². The number of methoxy groups -OCH3 is 3. The topological polar surface area (TPSA) is 64.6 Å². The van der Waals surface area contributed by atoms with Crippen LogP contribution in [0.5, 0.6) is 0 Å². The summed E-state index contributed by atoms with van der Waals surface area (Å²) in [7, 11) is 4.80. The molecule has 0 aromatic rings. The molecule has 1 aliphatic carbocycles. The first-order chi connectivity index (χ1) is 10.9. The first kappa shape index (κ1) is 21.8. The molecule has 7 heteroatoms. The highest BCUT2D eigenvalue weighted by atomic mass is 17.3. The molecule has 0 heterocycles. The Morgan fingerprint density at radius 3 is 1.46 bits per heavy atom. The lowest BCUT2D eigenvalue weighted by molar-refractivity contribution is -0.558. The van der Waals surface area contributed by atoms with E-state index in [-0.39, 0.29) is 12.5 Å². The molecule has 0 amide bonds. The molecular formula is C17H34O7. The van der Waals surface area contributed by atoms with Crippen molar-refractivity contribution in [2.75, 3.05) is 21.3 Å². The average molecular weight is 350 g/mol. The second kappa shape index (κ2) is 7.95. The summed E-state index contributed by atoms with van der Waals surface area (Å²) >= 11 is 0. The van der Waals surface area contributed by atoms with E-state index in [1.807, 2.05) is 41.5 Å². The molecular weight excluding hydrogens is 316 g/mol. The molecule has 0 saturated heterocycles. The molecule has 24 heavy (non-hydrogen) atoms. The molecule has 1 saturated carbocycles. The molecule has 0 aromatic heterocycles. The van der Waals surface area contributed by atoms with Crippen molar-refractivity contribution in [3.05, 3.63) is 0 Å². The maximum Gasteiger partial charge on any atom is 0.241 e. The fraction of sp³-hybridized carbons (Fsp3) is 1.00. The van der Waals surface area contributed by atoms with Gasteiger partial charge in [-0.1, -0.05) is 0 Å². The monoisotopic (exact) mass is 350 g/mol. The SMILES string of the molecule is COC1CC(OC)(OC)CC(OOC(C)(C)C)(OOC(C)(C)C)C1. The van der Waals surface area contributed by atoms with E-state index < -0.39 is 22.8 Å². The van der Waals surface area contributed by atoms with Crippen LogP contribution in [0.15, 0.2) is 0 Å². The van der Waals surface area contributed by atoms with Gasteiger partial charge in [0.2, 0.25) is 5.79 Å². The second-order valence-electron chi connectivity index (χ2n) is 8.23. The van der Waals surface area contributed by atoms with Crippen LogP contribution in [0.3, 0.4) is 0 Å². The smallest absolute Gasteiger partial charge is 0.241 e. The lowest BCUT2D eigenvalue weighted by atomic mass is 9.86. The molecule has 0 spiro atoms. The van der Waals surface area contributed by atoms with Gasteiger partial charge in [-0.05, 0) is 41.5 Å².